The lowest BCUT2D eigenvalue weighted by molar-refractivity contribution is -0.161. The maximum atomic E-state index is 11.0. The van der Waals surface area contributed by atoms with Crippen LogP contribution in [0.15, 0.2) is 12.1 Å². The largest absolute Gasteiger partial charge is 0.479 e. The molecule has 2 unspecified atom stereocenters. The number of hydrogen-bond acceptors (Lipinski definition) is 3. The Labute approximate surface area is 96.6 Å². The fourth-order valence-corrected chi connectivity index (χ4v) is 2.82. The molecule has 5 heteroatoms. The molecule has 0 bridgehead atoms. The van der Waals surface area contributed by atoms with Crippen molar-refractivity contribution in [3.63, 3.8) is 0 Å². The highest BCUT2D eigenvalue weighted by Crippen LogP contribution is 2.42. The summed E-state index contributed by atoms with van der Waals surface area (Å²) in [7, 11) is 0. The number of aliphatic carboxylic acids is 1. The van der Waals surface area contributed by atoms with E-state index in [1.807, 2.05) is 6.07 Å². The van der Waals surface area contributed by atoms with Crippen molar-refractivity contribution in [1.82, 2.24) is 0 Å². The average molecular weight is 247 g/mol. The molecule has 0 spiro atoms. The SMILES string of the molecule is CC1(C(=O)O)CCC(c2ccc(Cl)s2)O1. The third-order valence-corrected chi connectivity index (χ3v) is 3.97. The fraction of sp³-hybridized carbons (Fsp3) is 0.500. The minimum absolute atomic E-state index is 0.122. The van der Waals surface area contributed by atoms with Crippen LogP contribution in [0.4, 0.5) is 0 Å². The van der Waals surface area contributed by atoms with E-state index in [9.17, 15) is 4.79 Å². The Morgan fingerprint density at radius 2 is 2.47 bits per heavy atom. The molecular formula is C10H11ClO3S. The number of rotatable bonds is 2. The zero-order valence-electron chi connectivity index (χ0n) is 8.20. The number of carboxylic acid groups (broad SMARTS) is 1. The molecule has 82 valence electrons. The molecule has 1 aliphatic rings. The van der Waals surface area contributed by atoms with Crippen LogP contribution in [-0.4, -0.2) is 16.7 Å². The minimum Gasteiger partial charge on any atom is -0.479 e. The van der Waals surface area contributed by atoms with Gasteiger partial charge in [0.2, 0.25) is 0 Å². The summed E-state index contributed by atoms with van der Waals surface area (Å²) >= 11 is 7.26. The minimum atomic E-state index is -1.04. The molecule has 0 aromatic carbocycles. The predicted octanol–water partition coefficient (Wildman–Crippen LogP) is 3.10. The van der Waals surface area contributed by atoms with E-state index in [1.54, 1.807) is 13.0 Å². The first-order valence-electron chi connectivity index (χ1n) is 4.68. The van der Waals surface area contributed by atoms with Gasteiger partial charge >= 0.3 is 5.97 Å². The Balaban J connectivity index is 2.14. The van der Waals surface area contributed by atoms with E-state index >= 15 is 0 Å². The smallest absolute Gasteiger partial charge is 0.335 e. The first kappa shape index (κ1) is 10.9. The lowest BCUT2D eigenvalue weighted by Crippen LogP contribution is -2.34. The number of ether oxygens (including phenoxy) is 1. The Bertz CT molecular complexity index is 390. The summed E-state index contributed by atoms with van der Waals surface area (Å²) < 4.78 is 6.27. The Hall–Kier alpha value is -0.580. The maximum absolute atomic E-state index is 11.0. The van der Waals surface area contributed by atoms with Crippen molar-refractivity contribution < 1.29 is 14.6 Å². The number of halogens is 1. The molecule has 0 aliphatic carbocycles. The van der Waals surface area contributed by atoms with Gasteiger partial charge in [0, 0.05) is 4.88 Å². The third kappa shape index (κ3) is 2.02. The van der Waals surface area contributed by atoms with E-state index in [1.165, 1.54) is 11.3 Å². The quantitative estimate of drug-likeness (QED) is 0.872. The van der Waals surface area contributed by atoms with Crippen LogP contribution in [0.2, 0.25) is 4.34 Å². The second-order valence-corrected chi connectivity index (χ2v) is 5.57. The van der Waals surface area contributed by atoms with Gasteiger partial charge < -0.3 is 9.84 Å². The average Bonchev–Trinajstić information content (AvgIpc) is 2.73. The van der Waals surface area contributed by atoms with Gasteiger partial charge in [-0.05, 0) is 31.9 Å². The highest BCUT2D eigenvalue weighted by Gasteiger charge is 2.43. The molecule has 15 heavy (non-hydrogen) atoms. The van der Waals surface area contributed by atoms with Crippen LogP contribution in [0.25, 0.3) is 0 Å². The van der Waals surface area contributed by atoms with E-state index in [0.717, 1.165) is 11.3 Å². The van der Waals surface area contributed by atoms with Gasteiger partial charge in [0.25, 0.3) is 0 Å². The summed E-state index contributed by atoms with van der Waals surface area (Å²) in [6.45, 7) is 1.62. The Morgan fingerprint density at radius 1 is 1.73 bits per heavy atom. The number of carboxylic acids is 1. The molecule has 2 atom stereocenters. The van der Waals surface area contributed by atoms with Gasteiger partial charge in [-0.15, -0.1) is 11.3 Å². The van der Waals surface area contributed by atoms with E-state index in [4.69, 9.17) is 21.4 Å². The van der Waals surface area contributed by atoms with Crippen LogP contribution in [0.5, 0.6) is 0 Å². The van der Waals surface area contributed by atoms with Crippen molar-refractivity contribution in [2.24, 2.45) is 0 Å². The number of carbonyl (C=O) groups is 1. The second kappa shape index (κ2) is 3.77. The Morgan fingerprint density at radius 3 is 2.93 bits per heavy atom. The zero-order chi connectivity index (χ0) is 11.1. The maximum Gasteiger partial charge on any atom is 0.335 e. The summed E-state index contributed by atoms with van der Waals surface area (Å²) in [5.74, 6) is -0.896. The molecule has 2 rings (SSSR count). The van der Waals surface area contributed by atoms with Gasteiger partial charge in [0.05, 0.1) is 10.4 Å². The van der Waals surface area contributed by atoms with Gasteiger partial charge in [-0.25, -0.2) is 4.79 Å². The van der Waals surface area contributed by atoms with Crippen molar-refractivity contribution in [3.8, 4) is 0 Å². The van der Waals surface area contributed by atoms with Crippen molar-refractivity contribution in [2.75, 3.05) is 0 Å². The standard InChI is InChI=1S/C10H11ClO3S/c1-10(9(12)13)5-4-6(14-10)7-2-3-8(11)15-7/h2-3,6H,4-5H2,1H3,(H,12,13). The molecule has 1 fully saturated rings. The molecule has 0 amide bonds. The summed E-state index contributed by atoms with van der Waals surface area (Å²) in [4.78, 5) is 12.0. The van der Waals surface area contributed by atoms with Crippen LogP contribution in [-0.2, 0) is 9.53 Å². The highest BCUT2D eigenvalue weighted by atomic mass is 35.5. The van der Waals surface area contributed by atoms with Gasteiger partial charge in [-0.2, -0.15) is 0 Å². The lowest BCUT2D eigenvalue weighted by atomic mass is 10.0. The predicted molar refractivity (Wildman–Crippen MR) is 58.4 cm³/mol. The summed E-state index contributed by atoms with van der Waals surface area (Å²) in [5, 5.41) is 8.99. The topological polar surface area (TPSA) is 46.5 Å². The lowest BCUT2D eigenvalue weighted by Gasteiger charge is -2.18. The van der Waals surface area contributed by atoms with Crippen molar-refractivity contribution >= 4 is 28.9 Å². The van der Waals surface area contributed by atoms with Gasteiger partial charge in [-0.1, -0.05) is 11.6 Å². The Kier molecular flexibility index (Phi) is 2.75. The van der Waals surface area contributed by atoms with Crippen LogP contribution in [0.3, 0.4) is 0 Å². The third-order valence-electron chi connectivity index (χ3n) is 2.65. The zero-order valence-corrected chi connectivity index (χ0v) is 9.77. The van der Waals surface area contributed by atoms with E-state index in [0.29, 0.717) is 10.8 Å². The summed E-state index contributed by atoms with van der Waals surface area (Å²) in [6.07, 6.45) is 1.16. The second-order valence-electron chi connectivity index (χ2n) is 3.82. The van der Waals surface area contributed by atoms with Crippen LogP contribution < -0.4 is 0 Å². The first-order chi connectivity index (χ1) is 7.01. The first-order valence-corrected chi connectivity index (χ1v) is 5.87. The van der Waals surface area contributed by atoms with E-state index < -0.39 is 11.6 Å². The van der Waals surface area contributed by atoms with Gasteiger partial charge in [0.1, 0.15) is 0 Å². The number of thiophene rings is 1. The molecule has 2 heterocycles. The fourth-order valence-electron chi connectivity index (χ4n) is 1.70. The molecular weight excluding hydrogens is 236 g/mol. The van der Waals surface area contributed by atoms with E-state index in [2.05, 4.69) is 0 Å². The summed E-state index contributed by atoms with van der Waals surface area (Å²) in [6, 6.07) is 3.70. The normalized spacial score (nSPS) is 30.7. The summed E-state index contributed by atoms with van der Waals surface area (Å²) in [5.41, 5.74) is -1.04. The van der Waals surface area contributed by atoms with Gasteiger partial charge in [0.15, 0.2) is 5.60 Å². The highest BCUT2D eigenvalue weighted by molar-refractivity contribution is 7.16. The molecule has 0 radical (unpaired) electrons. The molecule has 1 aliphatic heterocycles. The number of hydrogen-bond donors (Lipinski definition) is 1. The van der Waals surface area contributed by atoms with Crippen LogP contribution in [0.1, 0.15) is 30.7 Å². The molecule has 1 aromatic heterocycles. The molecule has 1 saturated heterocycles. The van der Waals surface area contributed by atoms with Crippen molar-refractivity contribution in [1.29, 1.82) is 0 Å². The van der Waals surface area contributed by atoms with E-state index in [-0.39, 0.29) is 6.10 Å². The molecule has 1 aromatic rings. The van der Waals surface area contributed by atoms with Crippen LogP contribution in [0, 0.1) is 0 Å². The van der Waals surface area contributed by atoms with Gasteiger partial charge in [-0.3, -0.25) is 0 Å². The molecule has 1 N–H and O–H groups in total. The monoisotopic (exact) mass is 246 g/mol. The van der Waals surface area contributed by atoms with Crippen molar-refractivity contribution in [3.05, 3.63) is 21.3 Å². The van der Waals surface area contributed by atoms with Crippen molar-refractivity contribution in [2.45, 2.75) is 31.5 Å². The molecule has 0 saturated carbocycles. The molecule has 3 nitrogen and oxygen atoms in total. The van der Waals surface area contributed by atoms with Crippen LogP contribution >= 0.6 is 22.9 Å².